The Morgan fingerprint density at radius 3 is 1.93 bits per heavy atom. The summed E-state index contributed by atoms with van der Waals surface area (Å²) in [4.78, 5) is 23.9. The van der Waals surface area contributed by atoms with Gasteiger partial charge < -0.3 is 34.2 Å². The van der Waals surface area contributed by atoms with Crippen LogP contribution in [0.4, 0.5) is 0 Å². The number of rotatable bonds is 7. The molecule has 0 bridgehead atoms. The summed E-state index contributed by atoms with van der Waals surface area (Å²) in [6.45, 7) is 3.84. The minimum Gasteiger partial charge on any atom is -0.460 e. The van der Waals surface area contributed by atoms with Crippen molar-refractivity contribution < 1.29 is 38.0 Å². The molecule has 168 valence electrons. The van der Waals surface area contributed by atoms with Gasteiger partial charge in [0, 0.05) is 25.7 Å². The van der Waals surface area contributed by atoms with Crippen molar-refractivity contribution >= 4 is 11.9 Å². The second-order valence-electron chi connectivity index (χ2n) is 8.54. The van der Waals surface area contributed by atoms with Crippen LogP contribution < -0.4 is 5.73 Å². The fraction of sp³-hybridized carbons (Fsp3) is 0.810. The lowest BCUT2D eigenvalue weighted by molar-refractivity contribution is -0.207. The zero-order chi connectivity index (χ0) is 21.2. The Hall–Kier alpha value is -1.68. The first kappa shape index (κ1) is 21.5. The summed E-state index contributed by atoms with van der Waals surface area (Å²) in [6.07, 6.45) is 5.98. The lowest BCUT2D eigenvalue weighted by atomic mass is 10.1. The molecule has 0 aromatic rings. The van der Waals surface area contributed by atoms with Crippen LogP contribution in [0.2, 0.25) is 0 Å². The van der Waals surface area contributed by atoms with Crippen molar-refractivity contribution in [1.29, 1.82) is 0 Å². The summed E-state index contributed by atoms with van der Waals surface area (Å²) in [7, 11) is 0. The number of hydrogen-bond acceptors (Lipinski definition) is 9. The van der Waals surface area contributed by atoms with Gasteiger partial charge in [0.1, 0.15) is 24.5 Å². The molecule has 2 spiro atoms. The van der Waals surface area contributed by atoms with Crippen molar-refractivity contribution in [3.63, 3.8) is 0 Å². The molecule has 2 aliphatic heterocycles. The molecule has 2 aliphatic carbocycles. The molecule has 4 rings (SSSR count). The van der Waals surface area contributed by atoms with Crippen LogP contribution in [0.3, 0.4) is 0 Å². The summed E-state index contributed by atoms with van der Waals surface area (Å²) in [5, 5.41) is 0. The van der Waals surface area contributed by atoms with Gasteiger partial charge in [-0.15, -0.1) is 0 Å². The average molecular weight is 425 g/mol. The van der Waals surface area contributed by atoms with Gasteiger partial charge >= 0.3 is 11.9 Å². The molecular formula is C21H31NO8. The van der Waals surface area contributed by atoms with E-state index in [9.17, 15) is 9.59 Å². The number of nitrogens with two attached hydrogens (primary N) is 1. The molecule has 4 fully saturated rings. The van der Waals surface area contributed by atoms with Gasteiger partial charge in [-0.05, 0) is 25.7 Å². The second kappa shape index (κ2) is 8.82. The van der Waals surface area contributed by atoms with E-state index in [1.807, 2.05) is 0 Å². The Morgan fingerprint density at radius 2 is 1.47 bits per heavy atom. The van der Waals surface area contributed by atoms with Crippen molar-refractivity contribution in [1.82, 2.24) is 0 Å². The van der Waals surface area contributed by atoms with Crippen molar-refractivity contribution in [2.75, 3.05) is 19.8 Å². The first-order chi connectivity index (χ1) is 14.4. The molecule has 0 aromatic heterocycles. The first-order valence-electron chi connectivity index (χ1n) is 10.8. The van der Waals surface area contributed by atoms with Crippen LogP contribution in [0, 0.1) is 0 Å². The number of ether oxygens (including phenoxy) is 6. The maximum Gasteiger partial charge on any atom is 0.353 e. The molecule has 0 aromatic carbocycles. The highest BCUT2D eigenvalue weighted by atomic mass is 16.8. The third-order valence-electron chi connectivity index (χ3n) is 6.29. The van der Waals surface area contributed by atoms with E-state index in [-0.39, 0.29) is 18.7 Å². The smallest absolute Gasteiger partial charge is 0.353 e. The Labute approximate surface area is 176 Å². The van der Waals surface area contributed by atoms with Crippen LogP contribution in [0.25, 0.3) is 0 Å². The zero-order valence-corrected chi connectivity index (χ0v) is 17.3. The quantitative estimate of drug-likeness (QED) is 0.480. The summed E-state index contributed by atoms with van der Waals surface area (Å²) in [5.74, 6) is -2.40. The van der Waals surface area contributed by atoms with Gasteiger partial charge in [0.05, 0.1) is 19.6 Å². The molecule has 30 heavy (non-hydrogen) atoms. The SMILES string of the molecule is C=C(N)C(=O)OCCC(=O)OC(C1COC2(CCCC2)O1)C1COC2(CCCC2)O1. The van der Waals surface area contributed by atoms with E-state index < -0.39 is 41.8 Å². The van der Waals surface area contributed by atoms with E-state index in [1.54, 1.807) is 0 Å². The van der Waals surface area contributed by atoms with Gasteiger partial charge in [-0.25, -0.2) is 4.79 Å². The maximum atomic E-state index is 12.5. The van der Waals surface area contributed by atoms with Crippen LogP contribution in [0.15, 0.2) is 12.3 Å². The lowest BCUT2D eigenvalue weighted by Crippen LogP contribution is -2.45. The largest absolute Gasteiger partial charge is 0.460 e. The minimum absolute atomic E-state index is 0.104. The molecule has 2 unspecified atom stereocenters. The van der Waals surface area contributed by atoms with Crippen molar-refractivity contribution in [2.24, 2.45) is 5.73 Å². The normalized spacial score (nSPS) is 30.0. The van der Waals surface area contributed by atoms with E-state index in [4.69, 9.17) is 34.2 Å². The number of carbonyl (C=O) groups excluding carboxylic acids is 2. The zero-order valence-electron chi connectivity index (χ0n) is 17.3. The minimum atomic E-state index is -0.745. The Kier molecular flexibility index (Phi) is 6.34. The molecule has 2 N–H and O–H groups in total. The maximum absolute atomic E-state index is 12.5. The highest BCUT2D eigenvalue weighted by molar-refractivity contribution is 5.86. The number of carbonyl (C=O) groups is 2. The summed E-state index contributed by atoms with van der Waals surface area (Å²) in [5.41, 5.74) is 5.06. The Bertz CT molecular complexity index is 634. The van der Waals surface area contributed by atoms with Crippen LogP contribution in [0.1, 0.15) is 57.8 Å². The van der Waals surface area contributed by atoms with Gasteiger partial charge in [-0.3, -0.25) is 4.79 Å². The summed E-state index contributed by atoms with van der Waals surface area (Å²) in [6, 6.07) is 0. The third kappa shape index (κ3) is 4.64. The topological polar surface area (TPSA) is 116 Å². The Morgan fingerprint density at radius 1 is 0.967 bits per heavy atom. The van der Waals surface area contributed by atoms with E-state index in [2.05, 4.69) is 6.58 Å². The van der Waals surface area contributed by atoms with E-state index >= 15 is 0 Å². The molecule has 2 heterocycles. The lowest BCUT2D eigenvalue weighted by Gasteiger charge is -2.30. The molecule has 9 heteroatoms. The van der Waals surface area contributed by atoms with Gasteiger partial charge in [-0.1, -0.05) is 6.58 Å². The molecular weight excluding hydrogens is 394 g/mol. The van der Waals surface area contributed by atoms with Gasteiger partial charge in [0.25, 0.3) is 0 Å². The highest BCUT2D eigenvalue weighted by Crippen LogP contribution is 2.44. The van der Waals surface area contributed by atoms with Gasteiger partial charge in [0.15, 0.2) is 17.7 Å². The first-order valence-corrected chi connectivity index (χ1v) is 10.8. The van der Waals surface area contributed by atoms with Crippen molar-refractivity contribution in [3.05, 3.63) is 12.3 Å². The molecule has 9 nitrogen and oxygen atoms in total. The number of hydrogen-bond donors (Lipinski definition) is 1. The van der Waals surface area contributed by atoms with Crippen LogP contribution in [-0.2, 0) is 38.0 Å². The molecule has 2 atom stereocenters. The number of esters is 2. The molecule has 2 saturated carbocycles. The summed E-state index contributed by atoms with van der Waals surface area (Å²) < 4.78 is 35.2. The average Bonchev–Trinajstić information content (AvgIpc) is 3.52. The molecule has 0 radical (unpaired) electrons. The van der Waals surface area contributed by atoms with Crippen molar-refractivity contribution in [2.45, 2.75) is 87.7 Å². The van der Waals surface area contributed by atoms with Crippen LogP contribution >= 0.6 is 0 Å². The van der Waals surface area contributed by atoms with Gasteiger partial charge in [0.2, 0.25) is 0 Å². The van der Waals surface area contributed by atoms with E-state index in [0.717, 1.165) is 51.4 Å². The third-order valence-corrected chi connectivity index (χ3v) is 6.29. The fourth-order valence-corrected chi connectivity index (χ4v) is 4.75. The van der Waals surface area contributed by atoms with E-state index in [0.29, 0.717) is 13.2 Å². The predicted octanol–water partition coefficient (Wildman–Crippen LogP) is 1.68. The van der Waals surface area contributed by atoms with Crippen LogP contribution in [0.5, 0.6) is 0 Å². The van der Waals surface area contributed by atoms with Crippen LogP contribution in [-0.4, -0.2) is 61.6 Å². The second-order valence-corrected chi connectivity index (χ2v) is 8.54. The monoisotopic (exact) mass is 425 g/mol. The molecule has 4 aliphatic rings. The van der Waals surface area contributed by atoms with Gasteiger partial charge in [-0.2, -0.15) is 0 Å². The fourth-order valence-electron chi connectivity index (χ4n) is 4.75. The van der Waals surface area contributed by atoms with Crippen molar-refractivity contribution in [3.8, 4) is 0 Å². The highest BCUT2D eigenvalue weighted by Gasteiger charge is 2.53. The van der Waals surface area contributed by atoms with E-state index in [1.165, 1.54) is 0 Å². The predicted molar refractivity (Wildman–Crippen MR) is 103 cm³/mol. The standard InChI is InChI=1S/C21H31NO8/c1-14(22)19(24)25-11-6-17(23)28-18(15-12-26-20(29-15)7-2-3-8-20)16-13-27-21(30-16)9-4-5-10-21/h15-16,18H,1-13,22H2. The summed E-state index contributed by atoms with van der Waals surface area (Å²) >= 11 is 0. The Balaban J connectivity index is 1.38. The molecule has 0 amide bonds. The molecule has 2 saturated heterocycles.